The fourth-order valence-corrected chi connectivity index (χ4v) is 19.2. The summed E-state index contributed by atoms with van der Waals surface area (Å²) in [6, 6.07) is 0. The van der Waals surface area contributed by atoms with Crippen molar-refractivity contribution in [3.8, 4) is 0 Å². The molecule has 3 fully saturated rings. The third kappa shape index (κ3) is 49.5. The average Bonchev–Trinajstić information content (AvgIpc) is 1.41. The molecule has 0 aromatic carbocycles. The van der Waals surface area contributed by atoms with Gasteiger partial charge < -0.3 is 18.9 Å². The smallest absolute Gasteiger partial charge is 0.306 e. The van der Waals surface area contributed by atoms with E-state index in [1.165, 1.54) is 302 Å². The number of fused-ring (bicyclic) bond motifs is 5. The molecule has 0 N–H and O–H groups in total. The molecule has 0 aromatic heterocycles. The van der Waals surface area contributed by atoms with E-state index >= 15 is 0 Å². The monoisotopic (exact) mass is 1540 g/mol. The first kappa shape index (κ1) is 101. The fourth-order valence-electron chi connectivity index (χ4n) is 19.2. The Hall–Kier alpha value is -3.42. The highest BCUT2D eigenvalue weighted by atomic mass is 16.6. The van der Waals surface area contributed by atoms with Gasteiger partial charge in [0, 0.05) is 32.1 Å². The van der Waals surface area contributed by atoms with Gasteiger partial charge in [0.05, 0.1) is 0 Å². The number of esters is 4. The second-order valence-corrected chi connectivity index (χ2v) is 36.5. The average molecular weight is 1540 g/mol. The van der Waals surface area contributed by atoms with Gasteiger partial charge in [-0.3, -0.25) is 19.2 Å². The van der Waals surface area contributed by atoms with Gasteiger partial charge in [0.15, 0.2) is 6.10 Å². The van der Waals surface area contributed by atoms with Crippen LogP contribution in [0.25, 0.3) is 0 Å². The largest absolute Gasteiger partial charge is 0.462 e. The molecule has 0 bridgehead atoms. The lowest BCUT2D eigenvalue weighted by molar-refractivity contribution is -0.167. The Morgan fingerprint density at radius 2 is 0.727 bits per heavy atom. The molecule has 4 aliphatic rings. The van der Waals surface area contributed by atoms with Crippen LogP contribution >= 0.6 is 0 Å². The quantitative estimate of drug-likeness (QED) is 0.0257. The van der Waals surface area contributed by atoms with Gasteiger partial charge in [0.1, 0.15) is 19.3 Å². The Labute approximate surface area is 682 Å². The zero-order chi connectivity index (χ0) is 79.5. The van der Waals surface area contributed by atoms with E-state index in [2.05, 4.69) is 117 Å². The SMILES string of the molecule is CCCCCCCC/C=C/CCCCCCCC(=O)OCC(COC(=O)CCCCCCC/C=C/CCCCCCCC)OC(=O)CCCCCCC/C=C/CCCCCCCC.CCCCCCCC/C=C\CCCCCCCC(=O)O[C@H]1CC[C@@]2(C)C(=CC[C@H]3[C@@H]4CC[C@H]([C@H](C)CCCC(C)C)[C@@]4(C)CC[C@@H]32)C1. The molecule has 4 aliphatic carbocycles. The summed E-state index contributed by atoms with van der Waals surface area (Å²) in [5.41, 5.74) is 2.53. The van der Waals surface area contributed by atoms with E-state index in [-0.39, 0.29) is 43.2 Å². The van der Waals surface area contributed by atoms with Gasteiger partial charge in [-0.2, -0.15) is 0 Å². The maximum absolute atomic E-state index is 12.8. The third-order valence-electron chi connectivity index (χ3n) is 26.3. The van der Waals surface area contributed by atoms with Gasteiger partial charge >= 0.3 is 23.9 Å². The van der Waals surface area contributed by atoms with Gasteiger partial charge in [-0.15, -0.1) is 0 Å². The van der Waals surface area contributed by atoms with E-state index in [1.807, 2.05) is 0 Å². The molecule has 0 amide bonds. The number of allylic oxidation sites excluding steroid dienone is 9. The Morgan fingerprint density at radius 3 is 1.10 bits per heavy atom. The molecular weight excluding hydrogens is 1350 g/mol. The van der Waals surface area contributed by atoms with E-state index in [1.54, 1.807) is 5.57 Å². The van der Waals surface area contributed by atoms with Crippen molar-refractivity contribution in [1.29, 1.82) is 0 Å². The lowest BCUT2D eigenvalue weighted by Gasteiger charge is -2.58. The summed E-state index contributed by atoms with van der Waals surface area (Å²) in [4.78, 5) is 50.9. The van der Waals surface area contributed by atoms with Crippen molar-refractivity contribution in [2.24, 2.45) is 46.3 Å². The molecule has 0 spiro atoms. The lowest BCUT2D eigenvalue weighted by atomic mass is 9.47. The summed E-state index contributed by atoms with van der Waals surface area (Å²) in [6.45, 7) is 21.6. The first-order chi connectivity index (χ1) is 53.7. The number of carbonyl (C=O) groups is 4. The summed E-state index contributed by atoms with van der Waals surface area (Å²) in [6.07, 6.45) is 101. The summed E-state index contributed by atoms with van der Waals surface area (Å²) in [5, 5.41) is 0. The first-order valence-electron chi connectivity index (χ1n) is 48.7. The van der Waals surface area contributed by atoms with E-state index in [0.29, 0.717) is 36.5 Å². The van der Waals surface area contributed by atoms with Crippen LogP contribution in [0.15, 0.2) is 60.3 Å². The fraction of sp³-hybridized carbons (Fsp3) is 0.863. The van der Waals surface area contributed by atoms with Crippen molar-refractivity contribution in [1.82, 2.24) is 0 Å². The number of carbonyl (C=O) groups excluding carboxylic acids is 4. The van der Waals surface area contributed by atoms with E-state index in [0.717, 1.165) is 138 Å². The second kappa shape index (κ2) is 68.8. The van der Waals surface area contributed by atoms with Crippen molar-refractivity contribution in [2.75, 3.05) is 13.2 Å². The highest BCUT2D eigenvalue weighted by molar-refractivity contribution is 5.71. The summed E-state index contributed by atoms with van der Waals surface area (Å²) in [7, 11) is 0. The van der Waals surface area contributed by atoms with E-state index in [9.17, 15) is 19.2 Å². The van der Waals surface area contributed by atoms with Crippen molar-refractivity contribution in [3.05, 3.63) is 60.3 Å². The molecule has 110 heavy (non-hydrogen) atoms. The predicted octanol–water partition coefficient (Wildman–Crippen LogP) is 32.1. The highest BCUT2D eigenvalue weighted by Gasteiger charge is 2.59. The minimum absolute atomic E-state index is 0.0541. The molecule has 8 nitrogen and oxygen atoms in total. The maximum Gasteiger partial charge on any atom is 0.306 e. The lowest BCUT2D eigenvalue weighted by Crippen LogP contribution is -2.51. The van der Waals surface area contributed by atoms with Crippen LogP contribution in [0.4, 0.5) is 0 Å². The molecule has 0 saturated heterocycles. The van der Waals surface area contributed by atoms with Crippen LogP contribution in [-0.2, 0) is 38.1 Å². The minimum atomic E-state index is -0.781. The van der Waals surface area contributed by atoms with Crippen molar-refractivity contribution in [2.45, 2.75) is 505 Å². The van der Waals surface area contributed by atoms with E-state index < -0.39 is 6.10 Å². The molecular formula is C102H182O8. The number of unbranched alkanes of at least 4 members (excludes halogenated alkanes) is 44. The van der Waals surface area contributed by atoms with Crippen molar-refractivity contribution in [3.63, 3.8) is 0 Å². The van der Waals surface area contributed by atoms with Gasteiger partial charge in [-0.25, -0.2) is 0 Å². The summed E-state index contributed by atoms with van der Waals surface area (Å²) >= 11 is 0. The van der Waals surface area contributed by atoms with Crippen LogP contribution in [0, 0.1) is 46.3 Å². The molecule has 8 atom stereocenters. The molecule has 0 aliphatic heterocycles. The number of hydrogen-bond acceptors (Lipinski definition) is 8. The molecule has 8 heteroatoms. The van der Waals surface area contributed by atoms with Gasteiger partial charge in [0.25, 0.3) is 0 Å². The van der Waals surface area contributed by atoms with Gasteiger partial charge in [0.2, 0.25) is 0 Å². The molecule has 4 rings (SSSR count). The van der Waals surface area contributed by atoms with Gasteiger partial charge in [-0.1, -0.05) is 347 Å². The second-order valence-electron chi connectivity index (χ2n) is 36.5. The Kier molecular flexibility index (Phi) is 63.0. The molecule has 3 saturated carbocycles. The Morgan fingerprint density at radius 1 is 0.382 bits per heavy atom. The zero-order valence-electron chi connectivity index (χ0n) is 74.4. The highest BCUT2D eigenvalue weighted by Crippen LogP contribution is 2.67. The Balaban J connectivity index is 0.000000592. The first-order valence-corrected chi connectivity index (χ1v) is 48.7. The van der Waals surface area contributed by atoms with Crippen molar-refractivity contribution < 1.29 is 38.1 Å². The van der Waals surface area contributed by atoms with Crippen LogP contribution in [0.1, 0.15) is 493 Å². The number of ether oxygens (including phenoxy) is 4. The van der Waals surface area contributed by atoms with Gasteiger partial charge in [-0.05, 0) is 220 Å². The Bertz CT molecular complexity index is 2310. The topological polar surface area (TPSA) is 105 Å². The number of hydrogen-bond donors (Lipinski definition) is 0. The standard InChI is InChI=1S/C57H104O6.C45H78O2/c1-4-7-10-13-16-19-22-25-28-31-34-37-40-43-46-49-55(58)61-52-54(63-57(60)51-48-45-42-39-36-33-30-27-24-21-18-15-12-9-6-3)53-62-56(59)50-47-44-41-38-35-32-29-26-23-20-17-14-11-8-5-2;1-7-8-9-10-11-12-13-14-15-16-17-18-19-20-21-25-43(46)47-38-30-32-44(5)37(34-38)26-27-39-41-29-28-40(36(4)24-22-23-35(2)3)45(41,6)33-31-42(39)44/h25-30,54H,4-24,31-53H2,1-3H3;14-15,26,35-36,38-42H,7-13,16-25,27-34H2,1-6H3/b28-25+,29-26+,30-27+;15-14-/t;36-,38+,39+,40-,41+,42+,44+,45-/m.1/s1. The van der Waals surface area contributed by atoms with E-state index in [4.69, 9.17) is 18.9 Å². The molecule has 0 unspecified atom stereocenters. The maximum atomic E-state index is 12.8. The van der Waals surface area contributed by atoms with Crippen molar-refractivity contribution >= 4 is 23.9 Å². The molecule has 638 valence electrons. The molecule has 0 aromatic rings. The van der Waals surface area contributed by atoms with Crippen LogP contribution in [0.5, 0.6) is 0 Å². The van der Waals surface area contributed by atoms with Crippen LogP contribution in [-0.4, -0.2) is 49.3 Å². The normalized spacial score (nSPS) is 20.7. The third-order valence-corrected chi connectivity index (χ3v) is 26.3. The zero-order valence-corrected chi connectivity index (χ0v) is 74.4. The summed E-state index contributed by atoms with van der Waals surface area (Å²) < 4.78 is 22.9. The van der Waals surface area contributed by atoms with Crippen LogP contribution in [0.2, 0.25) is 0 Å². The number of rotatable bonds is 71. The summed E-state index contributed by atoms with van der Waals surface area (Å²) in [5.74, 6) is 4.42. The minimum Gasteiger partial charge on any atom is -0.462 e. The van der Waals surface area contributed by atoms with Crippen LogP contribution in [0.3, 0.4) is 0 Å². The molecule has 0 heterocycles. The van der Waals surface area contributed by atoms with Crippen LogP contribution < -0.4 is 0 Å². The predicted molar refractivity (Wildman–Crippen MR) is 473 cm³/mol. The molecule has 0 radical (unpaired) electrons.